The SMILES string of the molecule is COC1=CC2(C)OC(C3=CCC(O)C=C3)=CC(=O)C2C(O)=C1. The van der Waals surface area contributed by atoms with E-state index in [9.17, 15) is 15.0 Å². The molecule has 116 valence electrons. The lowest BCUT2D eigenvalue weighted by Crippen LogP contribution is -2.46. The van der Waals surface area contributed by atoms with Crippen LogP contribution in [0.15, 0.2) is 59.3 Å². The van der Waals surface area contributed by atoms with Gasteiger partial charge in [0, 0.05) is 23.8 Å². The van der Waals surface area contributed by atoms with E-state index >= 15 is 0 Å². The van der Waals surface area contributed by atoms with E-state index in [0.29, 0.717) is 17.9 Å². The second kappa shape index (κ2) is 5.18. The van der Waals surface area contributed by atoms with E-state index in [4.69, 9.17) is 9.47 Å². The minimum atomic E-state index is -1.00. The van der Waals surface area contributed by atoms with Gasteiger partial charge >= 0.3 is 0 Å². The van der Waals surface area contributed by atoms with Crippen LogP contribution >= 0.6 is 0 Å². The highest BCUT2D eigenvalue weighted by Gasteiger charge is 2.48. The minimum Gasteiger partial charge on any atom is -0.511 e. The number of hydrogen-bond donors (Lipinski definition) is 2. The molecule has 2 aliphatic carbocycles. The molecule has 0 aromatic heterocycles. The number of allylic oxidation sites excluding steroid dienone is 3. The van der Waals surface area contributed by atoms with Crippen molar-refractivity contribution >= 4 is 5.78 Å². The molecule has 0 amide bonds. The van der Waals surface area contributed by atoms with Crippen LogP contribution < -0.4 is 0 Å². The van der Waals surface area contributed by atoms with Gasteiger partial charge in [-0.3, -0.25) is 4.79 Å². The van der Waals surface area contributed by atoms with Crippen LogP contribution in [0, 0.1) is 5.92 Å². The van der Waals surface area contributed by atoms with E-state index in [1.165, 1.54) is 19.3 Å². The van der Waals surface area contributed by atoms with Crippen LogP contribution in [0.1, 0.15) is 13.3 Å². The van der Waals surface area contributed by atoms with E-state index in [-0.39, 0.29) is 11.5 Å². The quantitative estimate of drug-likeness (QED) is 0.816. The van der Waals surface area contributed by atoms with Crippen LogP contribution in [0.5, 0.6) is 0 Å². The first-order chi connectivity index (χ1) is 10.4. The van der Waals surface area contributed by atoms with Gasteiger partial charge < -0.3 is 19.7 Å². The zero-order valence-electron chi connectivity index (χ0n) is 12.4. The van der Waals surface area contributed by atoms with Crippen molar-refractivity contribution in [3.05, 3.63) is 59.3 Å². The summed E-state index contributed by atoms with van der Waals surface area (Å²) >= 11 is 0. The van der Waals surface area contributed by atoms with Crippen molar-refractivity contribution in [1.29, 1.82) is 0 Å². The summed E-state index contributed by atoms with van der Waals surface area (Å²) in [5, 5.41) is 19.6. The molecule has 0 spiro atoms. The third-order valence-corrected chi connectivity index (χ3v) is 4.07. The zero-order valence-corrected chi connectivity index (χ0v) is 12.4. The largest absolute Gasteiger partial charge is 0.511 e. The van der Waals surface area contributed by atoms with E-state index in [1.54, 1.807) is 25.2 Å². The maximum absolute atomic E-state index is 12.4. The van der Waals surface area contributed by atoms with E-state index in [0.717, 1.165) is 5.57 Å². The number of carbonyl (C=O) groups excluding carboxylic acids is 1. The Hall–Kier alpha value is -2.27. The molecular formula is C17H18O5. The van der Waals surface area contributed by atoms with E-state index in [2.05, 4.69) is 0 Å². The van der Waals surface area contributed by atoms with Crippen LogP contribution in [0.3, 0.4) is 0 Å². The molecule has 5 heteroatoms. The van der Waals surface area contributed by atoms with Crippen molar-refractivity contribution in [3.63, 3.8) is 0 Å². The first kappa shape index (κ1) is 14.7. The van der Waals surface area contributed by atoms with Gasteiger partial charge in [0.15, 0.2) is 5.78 Å². The van der Waals surface area contributed by atoms with E-state index < -0.39 is 17.6 Å². The van der Waals surface area contributed by atoms with Crippen molar-refractivity contribution in [3.8, 4) is 0 Å². The summed E-state index contributed by atoms with van der Waals surface area (Å²) in [4.78, 5) is 12.4. The summed E-state index contributed by atoms with van der Waals surface area (Å²) in [6, 6.07) is 0. The fourth-order valence-corrected chi connectivity index (χ4v) is 2.98. The van der Waals surface area contributed by atoms with Gasteiger partial charge in [-0.25, -0.2) is 0 Å². The number of fused-ring (bicyclic) bond motifs is 1. The number of methoxy groups -OCH3 is 1. The summed E-state index contributed by atoms with van der Waals surface area (Å²) in [5.74, 6) is -0.161. The summed E-state index contributed by atoms with van der Waals surface area (Å²) < 4.78 is 11.2. The van der Waals surface area contributed by atoms with Gasteiger partial charge in [0.05, 0.1) is 13.2 Å². The third kappa shape index (κ3) is 2.37. The fourth-order valence-electron chi connectivity index (χ4n) is 2.98. The van der Waals surface area contributed by atoms with Crippen LogP contribution in [-0.2, 0) is 14.3 Å². The van der Waals surface area contributed by atoms with Gasteiger partial charge in [0.1, 0.15) is 28.8 Å². The number of rotatable bonds is 2. The minimum absolute atomic E-state index is 0.0641. The van der Waals surface area contributed by atoms with Crippen molar-refractivity contribution in [2.24, 2.45) is 5.92 Å². The maximum Gasteiger partial charge on any atom is 0.174 e. The summed E-state index contributed by atoms with van der Waals surface area (Å²) in [6.45, 7) is 1.74. The molecule has 2 N–H and O–H groups in total. The zero-order chi connectivity index (χ0) is 15.9. The molecule has 1 heterocycles. The van der Waals surface area contributed by atoms with Crippen LogP contribution in [0.25, 0.3) is 0 Å². The summed E-state index contributed by atoms with van der Waals surface area (Å²) in [7, 11) is 1.49. The molecule has 0 aromatic rings. The molecule has 0 aromatic carbocycles. The van der Waals surface area contributed by atoms with Gasteiger partial charge in [-0.2, -0.15) is 0 Å². The monoisotopic (exact) mass is 302 g/mol. The average Bonchev–Trinajstić information content (AvgIpc) is 2.46. The van der Waals surface area contributed by atoms with Crippen molar-refractivity contribution in [1.82, 2.24) is 0 Å². The average molecular weight is 302 g/mol. The fraction of sp³-hybridized carbons (Fsp3) is 0.353. The Morgan fingerprint density at radius 2 is 2.18 bits per heavy atom. The highest BCUT2D eigenvalue weighted by molar-refractivity contribution is 5.97. The molecule has 3 aliphatic rings. The van der Waals surface area contributed by atoms with Crippen LogP contribution in [0.4, 0.5) is 0 Å². The molecule has 5 nitrogen and oxygen atoms in total. The van der Waals surface area contributed by atoms with Gasteiger partial charge in [0.2, 0.25) is 0 Å². The van der Waals surface area contributed by atoms with Gasteiger partial charge in [-0.15, -0.1) is 0 Å². The number of ether oxygens (including phenoxy) is 2. The Bertz CT molecular complexity index is 665. The second-order valence-electron chi connectivity index (χ2n) is 5.77. The van der Waals surface area contributed by atoms with Gasteiger partial charge in [-0.1, -0.05) is 18.2 Å². The topological polar surface area (TPSA) is 76.0 Å². The molecular weight excluding hydrogens is 284 g/mol. The summed E-state index contributed by atoms with van der Waals surface area (Å²) in [6.07, 6.45) is 9.72. The number of aliphatic hydroxyl groups is 2. The van der Waals surface area contributed by atoms with Crippen LogP contribution in [0.2, 0.25) is 0 Å². The van der Waals surface area contributed by atoms with Crippen molar-refractivity contribution in [2.75, 3.05) is 7.11 Å². The molecule has 3 atom stereocenters. The smallest absolute Gasteiger partial charge is 0.174 e. The summed E-state index contributed by atoms with van der Waals surface area (Å²) in [5.41, 5.74) is -0.254. The number of ketones is 1. The lowest BCUT2D eigenvalue weighted by Gasteiger charge is -2.40. The number of aliphatic hydroxyl groups excluding tert-OH is 2. The lowest BCUT2D eigenvalue weighted by molar-refractivity contribution is -0.127. The Balaban J connectivity index is 1.98. The van der Waals surface area contributed by atoms with E-state index in [1.807, 2.05) is 6.08 Å². The number of hydrogen-bond acceptors (Lipinski definition) is 5. The molecule has 3 rings (SSSR count). The molecule has 22 heavy (non-hydrogen) atoms. The van der Waals surface area contributed by atoms with Crippen molar-refractivity contribution < 1.29 is 24.5 Å². The Kier molecular flexibility index (Phi) is 3.45. The Morgan fingerprint density at radius 1 is 1.41 bits per heavy atom. The normalized spacial score (nSPS) is 33.9. The highest BCUT2D eigenvalue weighted by atomic mass is 16.5. The first-order valence-electron chi connectivity index (χ1n) is 7.12. The molecule has 0 bridgehead atoms. The standard InChI is InChI=1S/C17H18O5/c1-17-9-12(21-2)7-13(19)16(17)14(20)8-15(22-17)10-3-5-11(18)6-4-10/h3-5,7-9,11,16,18-19H,6H2,1-2H3. The second-order valence-corrected chi connectivity index (χ2v) is 5.77. The Morgan fingerprint density at radius 3 is 2.82 bits per heavy atom. The van der Waals surface area contributed by atoms with Crippen molar-refractivity contribution in [2.45, 2.75) is 25.0 Å². The molecule has 3 unspecified atom stereocenters. The highest BCUT2D eigenvalue weighted by Crippen LogP contribution is 2.41. The molecule has 0 saturated heterocycles. The third-order valence-electron chi connectivity index (χ3n) is 4.07. The number of carbonyl (C=O) groups is 1. The predicted molar refractivity (Wildman–Crippen MR) is 79.7 cm³/mol. The molecule has 0 radical (unpaired) electrons. The maximum atomic E-state index is 12.4. The first-order valence-corrected chi connectivity index (χ1v) is 7.12. The molecule has 0 fully saturated rings. The Labute approximate surface area is 128 Å². The predicted octanol–water partition coefficient (Wildman–Crippen LogP) is 2.08. The van der Waals surface area contributed by atoms with Gasteiger partial charge in [-0.05, 0) is 13.3 Å². The van der Waals surface area contributed by atoms with Gasteiger partial charge in [0.25, 0.3) is 0 Å². The molecule has 1 aliphatic heterocycles. The van der Waals surface area contributed by atoms with Crippen LogP contribution in [-0.4, -0.2) is 34.8 Å². The lowest BCUT2D eigenvalue weighted by atomic mass is 9.78. The molecule has 0 saturated carbocycles.